The number of fused-ring (bicyclic) bond motifs is 3. The summed E-state index contributed by atoms with van der Waals surface area (Å²) >= 11 is 0. The van der Waals surface area contributed by atoms with Gasteiger partial charge in [0.25, 0.3) is 0 Å². The summed E-state index contributed by atoms with van der Waals surface area (Å²) in [5.41, 5.74) is 3.66. The third-order valence-corrected chi connectivity index (χ3v) is 6.14. The molecule has 136 valence electrons. The van der Waals surface area contributed by atoms with Gasteiger partial charge in [-0.3, -0.25) is 4.90 Å². The minimum Gasteiger partial charge on any atom is -0.370 e. The molecule has 0 unspecified atom stereocenters. The average molecular weight is 342 g/mol. The normalized spacial score (nSPS) is 24.6. The van der Waals surface area contributed by atoms with E-state index in [9.17, 15) is 0 Å². The molecule has 25 heavy (non-hydrogen) atoms. The zero-order valence-electron chi connectivity index (χ0n) is 15.9. The Morgan fingerprint density at radius 1 is 1.12 bits per heavy atom. The molecular weight excluding hydrogens is 310 g/mol. The number of piperidine rings is 1. The number of pyridine rings is 1. The molecule has 3 aliphatic rings. The molecule has 1 aromatic rings. The second-order valence-corrected chi connectivity index (χ2v) is 7.93. The lowest BCUT2D eigenvalue weighted by atomic mass is 10.0. The first-order chi connectivity index (χ1) is 12.1. The summed E-state index contributed by atoms with van der Waals surface area (Å²) in [7, 11) is 2.15. The molecular formula is C20H31N5. The maximum Gasteiger partial charge on any atom is 0.153 e. The average Bonchev–Trinajstić information content (AvgIpc) is 2.66. The van der Waals surface area contributed by atoms with E-state index in [2.05, 4.69) is 59.3 Å². The van der Waals surface area contributed by atoms with Crippen LogP contribution in [0, 0.1) is 0 Å². The highest BCUT2D eigenvalue weighted by molar-refractivity contribution is 5.78. The fraction of sp³-hybridized carbons (Fsp3) is 0.650. The maximum absolute atomic E-state index is 4.92. The van der Waals surface area contributed by atoms with Gasteiger partial charge in [-0.2, -0.15) is 0 Å². The van der Waals surface area contributed by atoms with Crippen LogP contribution in [-0.2, 0) is 0 Å². The van der Waals surface area contributed by atoms with Gasteiger partial charge in [0.15, 0.2) is 5.82 Å². The Hall–Kier alpha value is -1.75. The lowest BCUT2D eigenvalue weighted by Gasteiger charge is -2.50. The summed E-state index contributed by atoms with van der Waals surface area (Å²) in [4.78, 5) is 14.7. The van der Waals surface area contributed by atoms with Crippen LogP contribution in [0.15, 0.2) is 24.5 Å². The summed E-state index contributed by atoms with van der Waals surface area (Å²) < 4.78 is 0. The van der Waals surface area contributed by atoms with Crippen LogP contribution >= 0.6 is 0 Å². The van der Waals surface area contributed by atoms with Crippen molar-refractivity contribution >= 4 is 17.2 Å². The Labute approximate surface area is 151 Å². The molecule has 0 aliphatic carbocycles. The molecule has 2 fully saturated rings. The van der Waals surface area contributed by atoms with Crippen molar-refractivity contribution in [2.75, 3.05) is 54.5 Å². The first-order valence-electron chi connectivity index (χ1n) is 9.74. The molecule has 0 spiro atoms. The highest BCUT2D eigenvalue weighted by atomic mass is 15.4. The monoisotopic (exact) mass is 341 g/mol. The Kier molecular flexibility index (Phi) is 4.36. The third kappa shape index (κ3) is 2.88. The molecule has 0 radical (unpaired) electrons. The van der Waals surface area contributed by atoms with Crippen LogP contribution in [0.2, 0.25) is 0 Å². The quantitative estimate of drug-likeness (QED) is 0.824. The molecule has 0 bridgehead atoms. The Morgan fingerprint density at radius 3 is 2.60 bits per heavy atom. The zero-order valence-corrected chi connectivity index (χ0v) is 15.9. The van der Waals surface area contributed by atoms with Crippen molar-refractivity contribution in [3.8, 4) is 0 Å². The van der Waals surface area contributed by atoms with Crippen LogP contribution in [0.25, 0.3) is 0 Å². The van der Waals surface area contributed by atoms with Crippen molar-refractivity contribution in [3.63, 3.8) is 0 Å². The Balaban J connectivity index is 1.64. The van der Waals surface area contributed by atoms with Crippen LogP contribution < -0.4 is 14.7 Å². The molecule has 1 aromatic heterocycles. The van der Waals surface area contributed by atoms with E-state index < -0.39 is 0 Å². The molecule has 5 heteroatoms. The van der Waals surface area contributed by atoms with Gasteiger partial charge in [0, 0.05) is 51.5 Å². The van der Waals surface area contributed by atoms with Crippen molar-refractivity contribution in [1.82, 2.24) is 9.88 Å². The predicted octanol–water partition coefficient (Wildman–Crippen LogP) is 2.93. The number of piperazine rings is 1. The SMILES string of the molecule is C=C1[C@H]2CN(C(C)C)CCN2c2ncc(N3CCCCC3)cc2N1C. The first kappa shape index (κ1) is 16.7. The fourth-order valence-electron chi connectivity index (χ4n) is 4.42. The van der Waals surface area contributed by atoms with Crippen LogP contribution in [0.5, 0.6) is 0 Å². The summed E-state index contributed by atoms with van der Waals surface area (Å²) in [5.74, 6) is 1.13. The highest BCUT2D eigenvalue weighted by Crippen LogP contribution is 2.40. The lowest BCUT2D eigenvalue weighted by molar-refractivity contribution is 0.187. The second-order valence-electron chi connectivity index (χ2n) is 7.93. The number of nitrogens with zero attached hydrogens (tertiary/aromatic N) is 5. The summed E-state index contributed by atoms with van der Waals surface area (Å²) in [5, 5.41) is 0. The zero-order chi connectivity index (χ0) is 17.6. The van der Waals surface area contributed by atoms with E-state index in [4.69, 9.17) is 4.98 Å². The van der Waals surface area contributed by atoms with Gasteiger partial charge in [0.2, 0.25) is 0 Å². The number of likely N-dealkylation sites (N-methyl/N-ethyl adjacent to an activating group) is 1. The molecule has 0 aromatic carbocycles. The molecule has 3 aliphatic heterocycles. The molecule has 1 atom stereocenters. The van der Waals surface area contributed by atoms with E-state index in [1.165, 1.54) is 36.3 Å². The fourth-order valence-corrected chi connectivity index (χ4v) is 4.42. The largest absolute Gasteiger partial charge is 0.370 e. The molecule has 2 saturated heterocycles. The van der Waals surface area contributed by atoms with Crippen LogP contribution in [0.3, 0.4) is 0 Å². The summed E-state index contributed by atoms with van der Waals surface area (Å²) in [6.07, 6.45) is 6.02. The third-order valence-electron chi connectivity index (χ3n) is 6.14. The van der Waals surface area contributed by atoms with Crippen molar-refractivity contribution in [1.29, 1.82) is 0 Å². The molecule has 0 amide bonds. The van der Waals surface area contributed by atoms with Crippen LogP contribution in [0.1, 0.15) is 33.1 Å². The van der Waals surface area contributed by atoms with E-state index in [-0.39, 0.29) is 0 Å². The molecule has 0 N–H and O–H groups in total. The number of hydrogen-bond donors (Lipinski definition) is 0. The minimum atomic E-state index is 0.335. The van der Waals surface area contributed by atoms with Gasteiger partial charge in [-0.1, -0.05) is 6.58 Å². The van der Waals surface area contributed by atoms with Gasteiger partial charge in [-0.05, 0) is 39.2 Å². The molecule has 4 heterocycles. The number of hydrogen-bond acceptors (Lipinski definition) is 5. The topological polar surface area (TPSA) is 25.9 Å². The summed E-state index contributed by atoms with van der Waals surface area (Å²) in [6, 6.07) is 3.24. The van der Waals surface area contributed by atoms with Gasteiger partial charge in [-0.15, -0.1) is 0 Å². The van der Waals surface area contributed by atoms with Crippen LogP contribution in [0.4, 0.5) is 17.2 Å². The second kappa shape index (κ2) is 6.52. The van der Waals surface area contributed by atoms with Gasteiger partial charge in [-0.25, -0.2) is 4.98 Å². The standard InChI is InChI=1S/C20H31N5/c1-15(2)24-10-11-25-19(14-24)16(3)22(4)18-12-17(13-21-20(18)25)23-8-6-5-7-9-23/h12-13,15,19H,3,5-11,14H2,1-2,4H3/t19-/m1/s1. The van der Waals surface area contributed by atoms with Gasteiger partial charge >= 0.3 is 0 Å². The lowest BCUT2D eigenvalue weighted by Crippen LogP contribution is -2.59. The van der Waals surface area contributed by atoms with E-state index >= 15 is 0 Å². The number of aromatic nitrogens is 1. The van der Waals surface area contributed by atoms with Gasteiger partial charge in [0.05, 0.1) is 23.6 Å². The van der Waals surface area contributed by atoms with Gasteiger partial charge < -0.3 is 14.7 Å². The van der Waals surface area contributed by atoms with Crippen molar-refractivity contribution in [2.24, 2.45) is 0 Å². The summed E-state index contributed by atoms with van der Waals surface area (Å²) in [6.45, 7) is 14.5. The Morgan fingerprint density at radius 2 is 1.88 bits per heavy atom. The van der Waals surface area contributed by atoms with Crippen molar-refractivity contribution in [2.45, 2.75) is 45.2 Å². The van der Waals surface area contributed by atoms with E-state index in [1.54, 1.807) is 0 Å². The smallest absolute Gasteiger partial charge is 0.153 e. The van der Waals surface area contributed by atoms with Crippen LogP contribution in [-0.4, -0.2) is 61.7 Å². The number of rotatable bonds is 2. The van der Waals surface area contributed by atoms with Crippen molar-refractivity contribution in [3.05, 3.63) is 24.5 Å². The number of anilines is 3. The molecule has 0 saturated carbocycles. The first-order valence-corrected chi connectivity index (χ1v) is 9.74. The van der Waals surface area contributed by atoms with Crippen molar-refractivity contribution < 1.29 is 0 Å². The predicted molar refractivity (Wildman–Crippen MR) is 106 cm³/mol. The Bertz CT molecular complexity index is 649. The van der Waals surface area contributed by atoms with E-state index in [0.29, 0.717) is 12.1 Å². The molecule has 5 nitrogen and oxygen atoms in total. The molecule has 4 rings (SSSR count). The highest BCUT2D eigenvalue weighted by Gasteiger charge is 2.38. The van der Waals surface area contributed by atoms with E-state index in [0.717, 1.165) is 38.5 Å². The van der Waals surface area contributed by atoms with E-state index in [1.807, 2.05) is 0 Å². The van der Waals surface area contributed by atoms with Gasteiger partial charge in [0.1, 0.15) is 0 Å². The maximum atomic E-state index is 4.92. The minimum absolute atomic E-state index is 0.335.